The lowest BCUT2D eigenvalue weighted by molar-refractivity contribution is -0.153. The van der Waals surface area contributed by atoms with Crippen LogP contribution < -0.4 is 0 Å². The van der Waals surface area contributed by atoms with Gasteiger partial charge in [-0.2, -0.15) is 0 Å². The van der Waals surface area contributed by atoms with Crippen molar-refractivity contribution in [3.63, 3.8) is 0 Å². The van der Waals surface area contributed by atoms with Gasteiger partial charge < -0.3 is 18.9 Å². The summed E-state index contributed by atoms with van der Waals surface area (Å²) < 4.78 is 23.4. The van der Waals surface area contributed by atoms with Gasteiger partial charge in [-0.1, -0.05) is 0 Å². The van der Waals surface area contributed by atoms with Gasteiger partial charge in [0.15, 0.2) is 0 Å². The summed E-state index contributed by atoms with van der Waals surface area (Å²) in [5, 5.41) is 76.8. The van der Waals surface area contributed by atoms with E-state index in [-0.39, 0.29) is 26.2 Å². The van der Waals surface area contributed by atoms with E-state index in [1.165, 1.54) is 342 Å². The first-order chi connectivity index (χ1) is 41.4. The van der Waals surface area contributed by atoms with Gasteiger partial charge in [-0.25, -0.2) is 0 Å². The molecule has 33 rings (SSSR count). The molecule has 84 heavy (non-hydrogen) atoms. The van der Waals surface area contributed by atoms with E-state index in [4.69, 9.17) is 18.9 Å². The lowest BCUT2D eigenvalue weighted by atomic mass is 9.46. The number of esters is 4. The zero-order chi connectivity index (χ0) is 52.8. The van der Waals surface area contributed by atoms with Gasteiger partial charge in [0.2, 0.25) is 0 Å². The number of nitrogens with zero attached hydrogens (tertiary/aromatic N) is 2. The second-order valence-corrected chi connectivity index (χ2v) is 28.3. The summed E-state index contributed by atoms with van der Waals surface area (Å²) in [4.78, 5) is 64.2. The summed E-state index contributed by atoms with van der Waals surface area (Å²) in [5.41, 5.74) is 2.41. The van der Waals surface area contributed by atoms with E-state index in [2.05, 4.69) is 4.90 Å². The number of carbonyl (C=O) groups is 4. The molecule has 5 aliphatic rings. The average Bonchev–Trinajstić information content (AvgIpc) is 1.38. The molecule has 1 aliphatic heterocycles. The zero-order valence-electron chi connectivity index (χ0n) is 44.1. The number of likely N-dealkylation sites (tertiary alicyclic amines) is 1. The summed E-state index contributed by atoms with van der Waals surface area (Å²) in [6.45, 7) is -0.123. The van der Waals surface area contributed by atoms with Gasteiger partial charge in [0.05, 0.1) is 52.4 Å². The van der Waals surface area contributed by atoms with E-state index < -0.39 is 46.8 Å². The molecular formula is C74H22N2O8. The molecule has 1 saturated heterocycles. The molecule has 10 heteroatoms. The molecule has 0 aromatic heterocycles. The van der Waals surface area contributed by atoms with Crippen molar-refractivity contribution in [2.75, 3.05) is 54.6 Å². The fraction of sp³-hybridized carbons (Fsp3) is 0.162. The molecule has 0 amide bonds. The van der Waals surface area contributed by atoms with Crippen molar-refractivity contribution in [2.24, 2.45) is 0 Å². The molecule has 376 valence electrons. The van der Waals surface area contributed by atoms with E-state index in [1.807, 2.05) is 0 Å². The van der Waals surface area contributed by atoms with E-state index in [0.717, 1.165) is 0 Å². The van der Waals surface area contributed by atoms with E-state index in [9.17, 15) is 9.59 Å². The summed E-state index contributed by atoms with van der Waals surface area (Å²) in [6.07, 6.45) is 0. The lowest BCUT2D eigenvalue weighted by Gasteiger charge is -2.52. The Morgan fingerprint density at radius 2 is 0.452 bits per heavy atom. The fourth-order valence-corrected chi connectivity index (χ4v) is 27.1. The zero-order valence-corrected chi connectivity index (χ0v) is 44.1. The minimum atomic E-state index is -1.22. The normalized spacial score (nSPS) is 22.6. The third-order valence-electron chi connectivity index (χ3n) is 27.6. The van der Waals surface area contributed by atoms with Crippen LogP contribution in [0.5, 0.6) is 0 Å². The highest BCUT2D eigenvalue weighted by Crippen LogP contribution is 2.86. The predicted octanol–water partition coefficient (Wildman–Crippen LogP) is 14.3. The molecule has 28 aromatic rings. The van der Waals surface area contributed by atoms with Gasteiger partial charge in [0.1, 0.15) is 12.1 Å². The molecule has 2 atom stereocenters. The summed E-state index contributed by atoms with van der Waals surface area (Å²) in [6, 6.07) is -2.11. The molecule has 0 saturated carbocycles. The maximum atomic E-state index is 16.7. The minimum absolute atomic E-state index is 0.125. The quantitative estimate of drug-likeness (QED) is 0.0787. The topological polar surface area (TPSA) is 112 Å². The van der Waals surface area contributed by atoms with Crippen LogP contribution in [0.1, 0.15) is 22.3 Å². The number of rotatable bonds is 9. The van der Waals surface area contributed by atoms with Crippen molar-refractivity contribution in [1.82, 2.24) is 9.80 Å². The van der Waals surface area contributed by atoms with Gasteiger partial charge in [-0.05, 0) is 313 Å². The first kappa shape index (κ1) is 36.0. The van der Waals surface area contributed by atoms with Crippen LogP contribution >= 0.6 is 0 Å². The second kappa shape index (κ2) is 8.82. The van der Waals surface area contributed by atoms with Crippen LogP contribution in [0.4, 0.5) is 0 Å². The minimum Gasteiger partial charge on any atom is -0.468 e. The molecule has 28 aromatic carbocycles. The van der Waals surface area contributed by atoms with Crippen LogP contribution in [0.2, 0.25) is 0 Å². The van der Waals surface area contributed by atoms with Gasteiger partial charge in [0, 0.05) is 13.1 Å². The Hall–Kier alpha value is -9.74. The van der Waals surface area contributed by atoms with Crippen LogP contribution in [0, 0.1) is 0 Å². The highest BCUT2D eigenvalue weighted by Gasteiger charge is 2.82. The van der Waals surface area contributed by atoms with Gasteiger partial charge in [-0.15, -0.1) is 0 Å². The van der Waals surface area contributed by atoms with Crippen LogP contribution in [0.3, 0.4) is 0 Å². The van der Waals surface area contributed by atoms with Crippen molar-refractivity contribution < 1.29 is 38.1 Å². The summed E-state index contributed by atoms with van der Waals surface area (Å²) in [7, 11) is 5.77. The number of benzene rings is 18. The molecule has 2 spiro atoms. The molecule has 2 unspecified atom stereocenters. The maximum absolute atomic E-state index is 16.7. The Morgan fingerprint density at radius 1 is 0.286 bits per heavy atom. The predicted molar refractivity (Wildman–Crippen MR) is 333 cm³/mol. The SMILES string of the molecule is COC(=O)CN(CCN1C(C(=O)OC)C23c4c5c6c7c8c9c(c%10c%11c2c2c4c4c%12c5c5c6c6c8c8c%13c9c9c%10c%10c%11c%11c2c2c4c4c%12c%12c5c5c6c8c6c8c%13c9c9c%10c%10c%11c2c2c4c4c%12c5c6c5c8c9c%10c2c45)C73C1C(=O)OC)CC(=O)OC. The monoisotopic (exact) mass is 1070 g/mol. The van der Waals surface area contributed by atoms with Gasteiger partial charge in [-0.3, -0.25) is 29.0 Å². The van der Waals surface area contributed by atoms with E-state index >= 15 is 9.59 Å². The smallest absolute Gasteiger partial charge is 0.324 e. The highest BCUT2D eigenvalue weighted by atomic mass is 16.5. The Bertz CT molecular complexity index is 7170. The Kier molecular flexibility index (Phi) is 3.78. The highest BCUT2D eigenvalue weighted by molar-refractivity contribution is 6.82. The molecule has 4 aliphatic carbocycles. The van der Waals surface area contributed by atoms with Gasteiger partial charge in [0.25, 0.3) is 0 Å². The standard InChI is InChI=1S/C74H22N2O8/c1-81-9(77)7-75(8-10(78)82-2)5-6-76-69(71(79)83-3)73-65-57-49-39-29-21-13-11-12-15-19-17(13)25-33-27(19)37-31-23(15)24-16(12)20-18-14(11)22(21)30-36-26(18)34-28(20)38-32(24)42-41(31)51-45(37)55-47(33)53(43(49)35(25)29)61(65)63(55)67-59(51)60-52(42)46(38)56-48(34)54-44(36)50(40(30)39)58(57)66(73)62(54)64(56)68(60)74(67,73)70(76)72(80)84-4/h69-70H,5-8H2,1-4H3. The van der Waals surface area contributed by atoms with Crippen molar-refractivity contribution >= 4 is 315 Å². The van der Waals surface area contributed by atoms with E-state index in [1.54, 1.807) is 4.90 Å². The second-order valence-electron chi connectivity index (χ2n) is 28.3. The summed E-state index contributed by atoms with van der Waals surface area (Å²) >= 11 is 0. The fourth-order valence-electron chi connectivity index (χ4n) is 27.1. The number of carbonyl (C=O) groups excluding carboxylic acids is 4. The van der Waals surface area contributed by atoms with Gasteiger partial charge >= 0.3 is 23.9 Å². The molecule has 10 nitrogen and oxygen atoms in total. The first-order valence-electron chi connectivity index (χ1n) is 29.9. The van der Waals surface area contributed by atoms with Crippen LogP contribution in [-0.2, 0) is 49.0 Å². The maximum Gasteiger partial charge on any atom is 0.324 e. The van der Waals surface area contributed by atoms with Crippen molar-refractivity contribution in [3.8, 4) is 0 Å². The van der Waals surface area contributed by atoms with Crippen LogP contribution in [0.25, 0.3) is 291 Å². The molecule has 0 N–H and O–H groups in total. The van der Waals surface area contributed by atoms with E-state index in [0.29, 0.717) is 0 Å². The van der Waals surface area contributed by atoms with Crippen molar-refractivity contribution in [3.05, 3.63) is 22.3 Å². The Morgan fingerprint density at radius 3 is 0.607 bits per heavy atom. The third-order valence-corrected chi connectivity index (χ3v) is 27.6. The molecule has 1 fully saturated rings. The number of hydrogen-bond donors (Lipinski definition) is 0. The molecule has 0 bridgehead atoms. The third kappa shape index (κ3) is 2.16. The number of hydrogen-bond acceptors (Lipinski definition) is 10. The Balaban J connectivity index is 0.993. The molecular weight excluding hydrogens is 1040 g/mol. The number of methoxy groups -OCH3 is 4. The first-order valence-corrected chi connectivity index (χ1v) is 29.9. The van der Waals surface area contributed by atoms with Crippen molar-refractivity contribution in [1.29, 1.82) is 0 Å². The van der Waals surface area contributed by atoms with Crippen LogP contribution in [-0.4, -0.2) is 100 Å². The molecule has 1 heterocycles. The largest absolute Gasteiger partial charge is 0.468 e. The number of ether oxygens (including phenoxy) is 4. The summed E-state index contributed by atoms with van der Waals surface area (Å²) in [5.74, 6) is -1.80. The average molecular weight is 1070 g/mol. The van der Waals surface area contributed by atoms with Crippen molar-refractivity contribution in [2.45, 2.75) is 22.9 Å². The van der Waals surface area contributed by atoms with Crippen LogP contribution in [0.15, 0.2) is 0 Å². The lowest BCUT2D eigenvalue weighted by Crippen LogP contribution is -2.59. The Labute approximate surface area is 460 Å². The molecule has 0 radical (unpaired) electrons.